The molecule has 0 spiro atoms. The molecule has 4 unspecified atom stereocenters. The van der Waals surface area contributed by atoms with Crippen LogP contribution in [0, 0.1) is 11.8 Å². The van der Waals surface area contributed by atoms with Crippen LogP contribution in [0.1, 0.15) is 48.2 Å². The van der Waals surface area contributed by atoms with Gasteiger partial charge in [0.15, 0.2) is 5.78 Å². The molecule has 1 amide bonds. The SMILES string of the molecule is CCN(CC)Cc1ccc(OC)c(-c2ccc(O)c3c2CC2CC4C(N(C)C)C(O)=C(C(N)=O)CC4(O)C(O)=C2C3=O)c1. The lowest BCUT2D eigenvalue weighted by Crippen LogP contribution is -2.59. The first-order valence-corrected chi connectivity index (χ1v) is 14.7. The summed E-state index contributed by atoms with van der Waals surface area (Å²) in [6.45, 7) is 6.75. The number of ether oxygens (including phenoxy) is 1. The number of likely N-dealkylation sites (N-methyl/N-ethyl adjacent to an activating group) is 1. The number of aromatic hydroxyl groups is 1. The van der Waals surface area contributed by atoms with E-state index < -0.39 is 47.3 Å². The van der Waals surface area contributed by atoms with Gasteiger partial charge in [0.05, 0.1) is 24.3 Å². The Labute approximate surface area is 251 Å². The number of carbonyl (C=O) groups is 2. The number of benzene rings is 2. The summed E-state index contributed by atoms with van der Waals surface area (Å²) in [5, 5.41) is 45.5. The summed E-state index contributed by atoms with van der Waals surface area (Å²) < 4.78 is 5.73. The minimum Gasteiger partial charge on any atom is -0.510 e. The number of allylic oxidation sites excluding steroid dienone is 1. The number of aliphatic hydroxyl groups is 3. The number of phenolic OH excluding ortho intramolecular Hbond substituents is 1. The van der Waals surface area contributed by atoms with Crippen molar-refractivity contribution in [3.05, 3.63) is 69.7 Å². The molecule has 5 rings (SSSR count). The lowest BCUT2D eigenvalue weighted by Gasteiger charge is -2.51. The topological polar surface area (TPSA) is 157 Å². The van der Waals surface area contributed by atoms with E-state index in [1.165, 1.54) is 6.07 Å². The van der Waals surface area contributed by atoms with Crippen molar-refractivity contribution >= 4 is 11.7 Å². The molecule has 0 saturated heterocycles. The second-order valence-electron chi connectivity index (χ2n) is 12.1. The Hall–Kier alpha value is -3.86. The van der Waals surface area contributed by atoms with Gasteiger partial charge in [-0.3, -0.25) is 19.4 Å². The van der Waals surface area contributed by atoms with Gasteiger partial charge in [-0.25, -0.2) is 0 Å². The number of hydrogen-bond acceptors (Lipinski definition) is 9. The Morgan fingerprint density at radius 3 is 2.40 bits per heavy atom. The molecular formula is C33H41N3O7. The van der Waals surface area contributed by atoms with Gasteiger partial charge in [0, 0.05) is 30.0 Å². The fourth-order valence-corrected chi connectivity index (χ4v) is 7.36. The van der Waals surface area contributed by atoms with Crippen molar-refractivity contribution < 1.29 is 34.8 Å². The van der Waals surface area contributed by atoms with Crippen molar-refractivity contribution in [2.45, 2.75) is 51.3 Å². The van der Waals surface area contributed by atoms with Crippen LogP contribution in [0.4, 0.5) is 0 Å². The van der Waals surface area contributed by atoms with Crippen molar-refractivity contribution in [2.24, 2.45) is 17.6 Å². The van der Waals surface area contributed by atoms with Crippen LogP contribution in [0.5, 0.6) is 11.5 Å². The average molecular weight is 592 g/mol. The van der Waals surface area contributed by atoms with Crippen molar-refractivity contribution in [1.29, 1.82) is 0 Å². The molecule has 0 aliphatic heterocycles. The molecule has 6 N–H and O–H groups in total. The second-order valence-corrected chi connectivity index (χ2v) is 12.1. The first-order chi connectivity index (χ1) is 20.4. The highest BCUT2D eigenvalue weighted by molar-refractivity contribution is 6.14. The van der Waals surface area contributed by atoms with E-state index in [4.69, 9.17) is 10.5 Å². The first kappa shape index (κ1) is 30.6. The van der Waals surface area contributed by atoms with Gasteiger partial charge in [-0.15, -0.1) is 0 Å². The maximum Gasteiger partial charge on any atom is 0.248 e. The number of nitrogens with zero attached hydrogens (tertiary/aromatic N) is 2. The van der Waals surface area contributed by atoms with Crippen LogP contribution < -0.4 is 10.5 Å². The zero-order chi connectivity index (χ0) is 31.4. The number of primary amides is 1. The number of amides is 1. The molecule has 2 aromatic carbocycles. The Balaban J connectivity index is 1.66. The van der Waals surface area contributed by atoms with Crippen molar-refractivity contribution in [1.82, 2.24) is 9.80 Å². The molecule has 0 saturated carbocycles. The number of methoxy groups -OCH3 is 1. The van der Waals surface area contributed by atoms with Gasteiger partial charge in [0.1, 0.15) is 28.6 Å². The number of ketones is 1. The van der Waals surface area contributed by atoms with Gasteiger partial charge in [0.25, 0.3) is 0 Å². The normalized spacial score (nSPS) is 25.1. The minimum atomic E-state index is -2.00. The Morgan fingerprint density at radius 2 is 1.79 bits per heavy atom. The summed E-state index contributed by atoms with van der Waals surface area (Å²) >= 11 is 0. The third-order valence-corrected chi connectivity index (χ3v) is 9.56. The highest BCUT2D eigenvalue weighted by Gasteiger charge is 2.58. The number of phenols is 1. The average Bonchev–Trinajstić information content (AvgIpc) is 2.96. The molecule has 2 aromatic rings. The lowest BCUT2D eigenvalue weighted by molar-refractivity contribution is -0.118. The number of aliphatic hydroxyl groups excluding tert-OH is 2. The van der Waals surface area contributed by atoms with Crippen molar-refractivity contribution in [3.8, 4) is 22.6 Å². The number of rotatable bonds is 8. The van der Waals surface area contributed by atoms with E-state index in [2.05, 4.69) is 18.7 Å². The lowest BCUT2D eigenvalue weighted by atomic mass is 9.59. The van der Waals surface area contributed by atoms with Gasteiger partial charge in [-0.1, -0.05) is 26.0 Å². The number of nitrogens with two attached hydrogens (primary N) is 1. The zero-order valence-corrected chi connectivity index (χ0v) is 25.3. The maximum absolute atomic E-state index is 14.1. The summed E-state index contributed by atoms with van der Waals surface area (Å²) in [4.78, 5) is 30.3. The van der Waals surface area contributed by atoms with Crippen LogP contribution in [0.15, 0.2) is 53.0 Å². The van der Waals surface area contributed by atoms with Crippen molar-refractivity contribution in [3.63, 3.8) is 0 Å². The van der Waals surface area contributed by atoms with E-state index in [0.717, 1.165) is 36.3 Å². The highest BCUT2D eigenvalue weighted by Crippen LogP contribution is 2.54. The fraction of sp³-hybridized carbons (Fsp3) is 0.455. The smallest absolute Gasteiger partial charge is 0.248 e. The summed E-state index contributed by atoms with van der Waals surface area (Å²) in [6, 6.07) is 8.41. The Kier molecular flexibility index (Phi) is 8.06. The maximum atomic E-state index is 14.1. The predicted octanol–water partition coefficient (Wildman–Crippen LogP) is 3.46. The van der Waals surface area contributed by atoms with Gasteiger partial charge in [-0.2, -0.15) is 0 Å². The molecule has 4 atom stereocenters. The molecule has 0 heterocycles. The van der Waals surface area contributed by atoms with E-state index in [1.807, 2.05) is 18.2 Å². The molecule has 0 bridgehead atoms. The van der Waals surface area contributed by atoms with E-state index >= 15 is 0 Å². The largest absolute Gasteiger partial charge is 0.510 e. The number of carbonyl (C=O) groups excluding carboxylic acids is 2. The van der Waals surface area contributed by atoms with Gasteiger partial charge >= 0.3 is 0 Å². The van der Waals surface area contributed by atoms with Crippen LogP contribution in [-0.2, 0) is 17.8 Å². The van der Waals surface area contributed by atoms with Gasteiger partial charge in [-0.05, 0) is 80.8 Å². The van der Waals surface area contributed by atoms with Crippen LogP contribution in [0.3, 0.4) is 0 Å². The molecule has 230 valence electrons. The number of Topliss-reactive ketones (excluding diaryl/α,β-unsaturated/α-hetero) is 1. The van der Waals surface area contributed by atoms with Gasteiger partial charge < -0.3 is 30.9 Å². The molecule has 0 radical (unpaired) electrons. The summed E-state index contributed by atoms with van der Waals surface area (Å²) in [7, 11) is 5.00. The molecule has 0 aromatic heterocycles. The van der Waals surface area contributed by atoms with Gasteiger partial charge in [0.2, 0.25) is 5.91 Å². The molecule has 10 nitrogen and oxygen atoms in total. The quantitative estimate of drug-likeness (QED) is 0.310. The third-order valence-electron chi connectivity index (χ3n) is 9.56. The highest BCUT2D eigenvalue weighted by atomic mass is 16.5. The second kappa shape index (κ2) is 11.3. The van der Waals surface area contributed by atoms with Crippen LogP contribution in [0.2, 0.25) is 0 Å². The van der Waals surface area contributed by atoms with E-state index in [1.54, 1.807) is 32.2 Å². The van der Waals surface area contributed by atoms with E-state index in [0.29, 0.717) is 17.7 Å². The molecule has 43 heavy (non-hydrogen) atoms. The molecule has 3 aliphatic carbocycles. The number of fused-ring (bicyclic) bond motifs is 3. The van der Waals surface area contributed by atoms with Crippen LogP contribution in [-0.4, -0.2) is 87.9 Å². The van der Waals surface area contributed by atoms with Crippen molar-refractivity contribution in [2.75, 3.05) is 34.3 Å². The zero-order valence-electron chi connectivity index (χ0n) is 25.3. The third kappa shape index (κ3) is 4.87. The summed E-state index contributed by atoms with van der Waals surface area (Å²) in [5.74, 6) is -3.10. The molecule has 10 heteroatoms. The summed E-state index contributed by atoms with van der Waals surface area (Å²) in [6.07, 6.45) is 0.121. The van der Waals surface area contributed by atoms with Crippen LogP contribution >= 0.6 is 0 Å². The standard InChI is InChI=1S/C33H41N3O7/c1-6-36(7-2)16-17-8-11-25(43-5)20(12-17)19-9-10-24(37)27-21(19)13-18-14-23-28(35(3)4)29(38)22(32(34)41)15-33(23,42)31(40)26(18)30(27)39/h8-12,18,23,28,37-38,40,42H,6-7,13-16H2,1-5H3,(H2,34,41). The van der Waals surface area contributed by atoms with Crippen LogP contribution in [0.25, 0.3) is 11.1 Å². The minimum absolute atomic E-state index is 0.0173. The van der Waals surface area contributed by atoms with E-state index in [9.17, 15) is 30.0 Å². The van der Waals surface area contributed by atoms with E-state index in [-0.39, 0.29) is 34.6 Å². The first-order valence-electron chi connectivity index (χ1n) is 14.7. The molecule has 0 fully saturated rings. The molecule has 3 aliphatic rings. The monoisotopic (exact) mass is 591 g/mol. The Bertz CT molecular complexity index is 1540. The fourth-order valence-electron chi connectivity index (χ4n) is 7.36. The predicted molar refractivity (Wildman–Crippen MR) is 162 cm³/mol. The Morgan fingerprint density at radius 1 is 1.09 bits per heavy atom. The molecular weight excluding hydrogens is 550 g/mol. The summed E-state index contributed by atoms with van der Waals surface area (Å²) in [5.41, 5.74) is 6.68. The number of hydrogen-bond donors (Lipinski definition) is 5.